The number of hydrogen-bond donors (Lipinski definition) is 1. The normalized spacial score (nSPS) is 15.4. The molecule has 0 spiro atoms. The third-order valence-electron chi connectivity index (χ3n) is 3.95. The van der Waals surface area contributed by atoms with E-state index in [4.69, 9.17) is 11.6 Å². The average Bonchev–Trinajstić information content (AvgIpc) is 2.56. The molecule has 1 N–H and O–H groups in total. The summed E-state index contributed by atoms with van der Waals surface area (Å²) in [7, 11) is 0. The van der Waals surface area contributed by atoms with Crippen LogP contribution in [0, 0.1) is 0 Å². The molecule has 0 aliphatic carbocycles. The van der Waals surface area contributed by atoms with Crippen LogP contribution in [0.25, 0.3) is 0 Å². The molecule has 0 radical (unpaired) electrons. The van der Waals surface area contributed by atoms with Gasteiger partial charge in [-0.1, -0.05) is 23.7 Å². The van der Waals surface area contributed by atoms with Crippen molar-refractivity contribution in [2.24, 2.45) is 0 Å². The second-order valence-electron chi connectivity index (χ2n) is 5.68. The maximum Gasteiger partial charge on any atom is 0.225 e. The van der Waals surface area contributed by atoms with Crippen LogP contribution in [-0.4, -0.2) is 35.0 Å². The molecule has 1 fully saturated rings. The first-order valence-electron chi connectivity index (χ1n) is 7.76. The zero-order valence-corrected chi connectivity index (χ0v) is 13.5. The number of hydrogen-bond acceptors (Lipinski definition) is 4. The standard InChI is InChI=1S/C17H19ClN4O/c18-14-4-1-3-13(11-14)12-16(23)21-15-5-9-22(10-6-15)17-19-7-2-8-20-17/h1-4,7-8,11,15H,5-6,9-10,12H2,(H,21,23). The Balaban J connectivity index is 1.48. The molecule has 6 heteroatoms. The van der Waals surface area contributed by atoms with Crippen molar-refractivity contribution in [3.63, 3.8) is 0 Å². The number of nitrogens with one attached hydrogen (secondary N) is 1. The number of rotatable bonds is 4. The zero-order valence-electron chi connectivity index (χ0n) is 12.8. The Kier molecular flexibility index (Phi) is 5.08. The van der Waals surface area contributed by atoms with Crippen LogP contribution in [0.5, 0.6) is 0 Å². The van der Waals surface area contributed by atoms with Crippen molar-refractivity contribution >= 4 is 23.5 Å². The molecule has 0 unspecified atom stereocenters. The lowest BCUT2D eigenvalue weighted by molar-refractivity contribution is -0.121. The molecule has 1 aromatic carbocycles. The number of carbonyl (C=O) groups is 1. The number of carbonyl (C=O) groups excluding carboxylic acids is 1. The van der Waals surface area contributed by atoms with Gasteiger partial charge in [0.15, 0.2) is 0 Å². The molecule has 5 nitrogen and oxygen atoms in total. The van der Waals surface area contributed by atoms with Gasteiger partial charge in [-0.25, -0.2) is 9.97 Å². The zero-order chi connectivity index (χ0) is 16.1. The molecule has 3 rings (SSSR count). The maximum atomic E-state index is 12.2. The maximum absolute atomic E-state index is 12.2. The highest BCUT2D eigenvalue weighted by Gasteiger charge is 2.22. The van der Waals surface area contributed by atoms with Gasteiger partial charge in [-0.3, -0.25) is 4.79 Å². The smallest absolute Gasteiger partial charge is 0.225 e. The minimum atomic E-state index is 0.0432. The van der Waals surface area contributed by atoms with Gasteiger partial charge in [-0.05, 0) is 36.6 Å². The van der Waals surface area contributed by atoms with E-state index in [0.29, 0.717) is 11.4 Å². The summed E-state index contributed by atoms with van der Waals surface area (Å²) in [5.41, 5.74) is 0.935. The van der Waals surface area contributed by atoms with E-state index in [1.54, 1.807) is 12.4 Å². The summed E-state index contributed by atoms with van der Waals surface area (Å²) in [4.78, 5) is 22.8. The fourth-order valence-electron chi connectivity index (χ4n) is 2.79. The number of benzene rings is 1. The van der Waals surface area contributed by atoms with Crippen molar-refractivity contribution in [1.29, 1.82) is 0 Å². The Morgan fingerprint density at radius 2 is 1.96 bits per heavy atom. The second-order valence-corrected chi connectivity index (χ2v) is 6.12. The third kappa shape index (κ3) is 4.42. The highest BCUT2D eigenvalue weighted by Crippen LogP contribution is 2.16. The Hall–Kier alpha value is -2.14. The Morgan fingerprint density at radius 3 is 2.65 bits per heavy atom. The van der Waals surface area contributed by atoms with Gasteiger partial charge in [0.2, 0.25) is 11.9 Å². The number of aromatic nitrogens is 2. The molecule has 1 aliphatic heterocycles. The molecule has 0 saturated carbocycles. The lowest BCUT2D eigenvalue weighted by Crippen LogP contribution is -2.45. The van der Waals surface area contributed by atoms with Gasteiger partial charge in [0.25, 0.3) is 0 Å². The third-order valence-corrected chi connectivity index (χ3v) is 4.18. The van der Waals surface area contributed by atoms with E-state index in [1.807, 2.05) is 30.3 Å². The summed E-state index contributed by atoms with van der Waals surface area (Å²) in [6.45, 7) is 1.71. The Morgan fingerprint density at radius 1 is 1.22 bits per heavy atom. The molecular formula is C17H19ClN4O. The van der Waals surface area contributed by atoms with Crippen molar-refractivity contribution in [3.8, 4) is 0 Å². The van der Waals surface area contributed by atoms with Gasteiger partial charge in [0.1, 0.15) is 0 Å². The van der Waals surface area contributed by atoms with E-state index in [2.05, 4.69) is 20.2 Å². The van der Waals surface area contributed by atoms with Gasteiger partial charge < -0.3 is 10.2 Å². The van der Waals surface area contributed by atoms with Crippen LogP contribution in [0.1, 0.15) is 18.4 Å². The van der Waals surface area contributed by atoms with E-state index in [1.165, 1.54) is 0 Å². The predicted molar refractivity (Wildman–Crippen MR) is 90.6 cm³/mol. The van der Waals surface area contributed by atoms with E-state index in [0.717, 1.165) is 37.4 Å². The minimum absolute atomic E-state index is 0.0432. The summed E-state index contributed by atoms with van der Waals surface area (Å²) in [6, 6.07) is 9.44. The summed E-state index contributed by atoms with van der Waals surface area (Å²) >= 11 is 5.95. The fourth-order valence-corrected chi connectivity index (χ4v) is 3.00. The topological polar surface area (TPSA) is 58.1 Å². The molecule has 1 saturated heterocycles. The second kappa shape index (κ2) is 7.42. The Labute approximate surface area is 140 Å². The number of piperidine rings is 1. The predicted octanol–water partition coefficient (Wildman–Crippen LogP) is 2.46. The minimum Gasteiger partial charge on any atom is -0.353 e. The fraction of sp³-hybridized carbons (Fsp3) is 0.353. The summed E-state index contributed by atoms with van der Waals surface area (Å²) in [5.74, 6) is 0.804. The monoisotopic (exact) mass is 330 g/mol. The highest BCUT2D eigenvalue weighted by molar-refractivity contribution is 6.30. The molecule has 1 aromatic heterocycles. The van der Waals surface area contributed by atoms with Gasteiger partial charge in [-0.2, -0.15) is 0 Å². The van der Waals surface area contributed by atoms with Crippen LogP contribution >= 0.6 is 11.6 Å². The van der Waals surface area contributed by atoms with E-state index in [9.17, 15) is 4.79 Å². The first-order chi connectivity index (χ1) is 11.2. The van der Waals surface area contributed by atoms with Crippen LogP contribution < -0.4 is 10.2 Å². The number of anilines is 1. The molecule has 23 heavy (non-hydrogen) atoms. The van der Waals surface area contributed by atoms with Crippen molar-refractivity contribution in [2.75, 3.05) is 18.0 Å². The molecule has 0 atom stereocenters. The van der Waals surface area contributed by atoms with Gasteiger partial charge >= 0.3 is 0 Å². The van der Waals surface area contributed by atoms with Crippen molar-refractivity contribution < 1.29 is 4.79 Å². The largest absolute Gasteiger partial charge is 0.353 e. The van der Waals surface area contributed by atoms with Crippen molar-refractivity contribution in [2.45, 2.75) is 25.3 Å². The number of halogens is 1. The lowest BCUT2D eigenvalue weighted by atomic mass is 10.0. The van der Waals surface area contributed by atoms with Crippen LogP contribution in [0.3, 0.4) is 0 Å². The molecule has 1 aliphatic rings. The van der Waals surface area contributed by atoms with Crippen LogP contribution in [-0.2, 0) is 11.2 Å². The first-order valence-corrected chi connectivity index (χ1v) is 8.14. The van der Waals surface area contributed by atoms with Crippen molar-refractivity contribution in [1.82, 2.24) is 15.3 Å². The highest BCUT2D eigenvalue weighted by atomic mass is 35.5. The molecule has 2 heterocycles. The van der Waals surface area contributed by atoms with Gasteiger partial charge in [0, 0.05) is 36.5 Å². The summed E-state index contributed by atoms with van der Waals surface area (Å²) < 4.78 is 0. The van der Waals surface area contributed by atoms with E-state index < -0.39 is 0 Å². The van der Waals surface area contributed by atoms with Crippen LogP contribution in [0.4, 0.5) is 5.95 Å². The van der Waals surface area contributed by atoms with Crippen LogP contribution in [0.15, 0.2) is 42.7 Å². The van der Waals surface area contributed by atoms with Gasteiger partial charge in [-0.15, -0.1) is 0 Å². The summed E-state index contributed by atoms with van der Waals surface area (Å²) in [5, 5.41) is 3.77. The van der Waals surface area contributed by atoms with E-state index >= 15 is 0 Å². The van der Waals surface area contributed by atoms with Gasteiger partial charge in [0.05, 0.1) is 6.42 Å². The molecular weight excluding hydrogens is 312 g/mol. The van der Waals surface area contributed by atoms with Crippen molar-refractivity contribution in [3.05, 3.63) is 53.3 Å². The summed E-state index contributed by atoms with van der Waals surface area (Å²) in [6.07, 6.45) is 5.67. The molecule has 1 amide bonds. The van der Waals surface area contributed by atoms with E-state index in [-0.39, 0.29) is 11.9 Å². The van der Waals surface area contributed by atoms with Crippen LogP contribution in [0.2, 0.25) is 5.02 Å². The lowest BCUT2D eigenvalue weighted by Gasteiger charge is -2.32. The SMILES string of the molecule is O=C(Cc1cccc(Cl)c1)NC1CCN(c2ncccn2)CC1. The molecule has 0 bridgehead atoms. The average molecular weight is 331 g/mol. The number of amides is 1. The molecule has 2 aromatic rings. The first kappa shape index (κ1) is 15.7. The molecule has 120 valence electrons. The Bertz CT molecular complexity index is 657. The number of nitrogens with zero attached hydrogens (tertiary/aromatic N) is 3. The quantitative estimate of drug-likeness (QED) is 0.935.